The van der Waals surface area contributed by atoms with Crippen LogP contribution in [0.3, 0.4) is 0 Å². The van der Waals surface area contributed by atoms with Crippen LogP contribution in [0, 0.1) is 0 Å². The SMILES string of the molecule is O=C(S)n1cncn1. The van der Waals surface area contributed by atoms with Crippen LogP contribution in [0.25, 0.3) is 0 Å². The summed E-state index contributed by atoms with van der Waals surface area (Å²) in [6.45, 7) is 0. The topological polar surface area (TPSA) is 47.8 Å². The Morgan fingerprint density at radius 1 is 1.75 bits per heavy atom. The van der Waals surface area contributed by atoms with Crippen molar-refractivity contribution in [1.29, 1.82) is 0 Å². The Kier molecular flexibility index (Phi) is 1.29. The fourth-order valence-corrected chi connectivity index (χ4v) is 0.410. The fourth-order valence-electron chi connectivity index (χ4n) is 0.307. The summed E-state index contributed by atoms with van der Waals surface area (Å²) in [5.41, 5.74) is 0. The molecule has 1 aromatic heterocycles. The first-order valence-electron chi connectivity index (χ1n) is 1.88. The van der Waals surface area contributed by atoms with E-state index in [0.717, 1.165) is 4.68 Å². The van der Waals surface area contributed by atoms with Gasteiger partial charge in [-0.2, -0.15) is 9.78 Å². The van der Waals surface area contributed by atoms with Crippen LogP contribution >= 0.6 is 12.6 Å². The molecule has 0 aliphatic heterocycles. The summed E-state index contributed by atoms with van der Waals surface area (Å²) >= 11 is 3.48. The Bertz CT molecular complexity index is 182. The van der Waals surface area contributed by atoms with Crippen molar-refractivity contribution in [2.75, 3.05) is 0 Å². The first kappa shape index (κ1) is 5.30. The van der Waals surface area contributed by atoms with Gasteiger partial charge in [0.05, 0.1) is 0 Å². The second-order valence-corrected chi connectivity index (χ2v) is 1.51. The molecule has 1 rings (SSSR count). The molecule has 1 aromatic rings. The zero-order valence-electron chi connectivity index (χ0n) is 3.85. The molecular formula is C3H3N3OS. The van der Waals surface area contributed by atoms with Gasteiger partial charge in [0.25, 0.3) is 0 Å². The maximum Gasteiger partial charge on any atom is 0.304 e. The van der Waals surface area contributed by atoms with Gasteiger partial charge in [-0.15, -0.1) is 0 Å². The molecule has 0 unspecified atom stereocenters. The highest BCUT2D eigenvalue weighted by atomic mass is 32.1. The van der Waals surface area contributed by atoms with Crippen LogP contribution in [0.5, 0.6) is 0 Å². The van der Waals surface area contributed by atoms with E-state index in [0.29, 0.717) is 0 Å². The van der Waals surface area contributed by atoms with Gasteiger partial charge in [0.1, 0.15) is 12.7 Å². The van der Waals surface area contributed by atoms with Gasteiger partial charge in [-0.3, -0.25) is 4.79 Å². The molecule has 0 N–H and O–H groups in total. The van der Waals surface area contributed by atoms with Crippen LogP contribution in [0.2, 0.25) is 0 Å². The van der Waals surface area contributed by atoms with Crippen LogP contribution < -0.4 is 0 Å². The lowest BCUT2D eigenvalue weighted by Crippen LogP contribution is -2.00. The Morgan fingerprint density at radius 2 is 2.50 bits per heavy atom. The quantitative estimate of drug-likeness (QED) is 0.508. The van der Waals surface area contributed by atoms with Gasteiger partial charge in [-0.25, -0.2) is 4.98 Å². The van der Waals surface area contributed by atoms with Crippen molar-refractivity contribution in [3.8, 4) is 0 Å². The lowest BCUT2D eigenvalue weighted by Gasteiger charge is -1.83. The van der Waals surface area contributed by atoms with E-state index in [2.05, 4.69) is 22.7 Å². The molecule has 0 aliphatic rings. The molecule has 0 atom stereocenters. The normalized spacial score (nSPS) is 9.12. The molecule has 0 saturated heterocycles. The van der Waals surface area contributed by atoms with E-state index in [1.54, 1.807) is 0 Å². The fraction of sp³-hybridized carbons (Fsp3) is 0. The predicted octanol–water partition coefficient (Wildman–Crippen LogP) is 0.176. The van der Waals surface area contributed by atoms with Crippen LogP contribution in [0.15, 0.2) is 12.7 Å². The minimum Gasteiger partial charge on any atom is -0.260 e. The minimum atomic E-state index is -0.428. The highest BCUT2D eigenvalue weighted by Gasteiger charge is 1.93. The second kappa shape index (κ2) is 1.95. The first-order valence-corrected chi connectivity index (χ1v) is 2.33. The number of aromatic nitrogens is 3. The summed E-state index contributed by atoms with van der Waals surface area (Å²) in [4.78, 5) is 13.8. The Hall–Kier alpha value is -0.840. The molecule has 0 bridgehead atoms. The third-order valence-electron chi connectivity index (χ3n) is 0.615. The van der Waals surface area contributed by atoms with E-state index in [-0.39, 0.29) is 0 Å². The molecule has 5 heteroatoms. The molecule has 0 aromatic carbocycles. The van der Waals surface area contributed by atoms with E-state index in [4.69, 9.17) is 0 Å². The van der Waals surface area contributed by atoms with Crippen molar-refractivity contribution in [3.05, 3.63) is 12.7 Å². The summed E-state index contributed by atoms with van der Waals surface area (Å²) < 4.78 is 1.03. The molecule has 4 nitrogen and oxygen atoms in total. The van der Waals surface area contributed by atoms with Gasteiger partial charge in [0.2, 0.25) is 0 Å². The third-order valence-corrected chi connectivity index (χ3v) is 0.820. The maximum absolute atomic E-state index is 10.2. The van der Waals surface area contributed by atoms with Crippen molar-refractivity contribution in [2.24, 2.45) is 0 Å². The van der Waals surface area contributed by atoms with Crippen molar-refractivity contribution in [1.82, 2.24) is 14.8 Å². The molecule has 0 saturated carbocycles. The highest BCUT2D eigenvalue weighted by molar-refractivity contribution is 7.96. The molecule has 0 radical (unpaired) electrons. The Morgan fingerprint density at radius 3 is 2.75 bits per heavy atom. The van der Waals surface area contributed by atoms with Crippen LogP contribution in [0.1, 0.15) is 0 Å². The number of thiol groups is 1. The van der Waals surface area contributed by atoms with Gasteiger partial charge in [0, 0.05) is 0 Å². The monoisotopic (exact) mass is 129 g/mol. The van der Waals surface area contributed by atoms with Crippen molar-refractivity contribution >= 4 is 17.9 Å². The first-order chi connectivity index (χ1) is 3.80. The Labute approximate surface area is 50.9 Å². The van der Waals surface area contributed by atoms with Gasteiger partial charge in [-0.05, 0) is 0 Å². The molecular weight excluding hydrogens is 126 g/mol. The molecule has 0 amide bonds. The minimum absolute atomic E-state index is 0.428. The second-order valence-electron chi connectivity index (χ2n) is 1.12. The number of rotatable bonds is 0. The van der Waals surface area contributed by atoms with Crippen LogP contribution in [0.4, 0.5) is 4.79 Å². The third kappa shape index (κ3) is 0.865. The van der Waals surface area contributed by atoms with Crippen molar-refractivity contribution < 1.29 is 4.79 Å². The highest BCUT2D eigenvalue weighted by Crippen LogP contribution is 1.84. The summed E-state index contributed by atoms with van der Waals surface area (Å²) in [6, 6.07) is 0. The molecule has 1 heterocycles. The molecule has 42 valence electrons. The van der Waals surface area contributed by atoms with E-state index < -0.39 is 5.24 Å². The largest absolute Gasteiger partial charge is 0.304 e. The predicted molar refractivity (Wildman–Crippen MR) is 29.8 cm³/mol. The Balaban J connectivity index is 2.93. The number of nitrogens with zero attached hydrogens (tertiary/aromatic N) is 3. The average Bonchev–Trinajstić information content (AvgIpc) is 2.12. The zero-order chi connectivity index (χ0) is 5.98. The standard InChI is InChI=1S/C3H3N3OS/c7-3(8)6-2-4-1-5-6/h1-2H,(H,7,8). The smallest absolute Gasteiger partial charge is 0.260 e. The summed E-state index contributed by atoms with van der Waals surface area (Å²) in [7, 11) is 0. The molecule has 8 heavy (non-hydrogen) atoms. The molecule has 0 spiro atoms. The number of carbonyl (C=O) groups is 1. The number of hydrogen-bond acceptors (Lipinski definition) is 3. The van der Waals surface area contributed by atoms with Crippen molar-refractivity contribution in [2.45, 2.75) is 0 Å². The van der Waals surface area contributed by atoms with E-state index in [9.17, 15) is 4.79 Å². The van der Waals surface area contributed by atoms with Gasteiger partial charge >= 0.3 is 5.24 Å². The number of carbonyl (C=O) groups excluding carboxylic acids is 1. The number of hydrogen-bond donors (Lipinski definition) is 1. The molecule has 0 aliphatic carbocycles. The molecule has 0 fully saturated rings. The average molecular weight is 129 g/mol. The lowest BCUT2D eigenvalue weighted by atomic mass is 11.2. The van der Waals surface area contributed by atoms with Gasteiger partial charge in [-0.1, -0.05) is 12.6 Å². The lowest BCUT2D eigenvalue weighted by molar-refractivity contribution is 0.260. The van der Waals surface area contributed by atoms with E-state index in [1.165, 1.54) is 12.7 Å². The maximum atomic E-state index is 10.2. The van der Waals surface area contributed by atoms with Crippen LogP contribution in [-0.2, 0) is 0 Å². The summed E-state index contributed by atoms with van der Waals surface area (Å²) in [6.07, 6.45) is 2.56. The van der Waals surface area contributed by atoms with Crippen molar-refractivity contribution in [3.63, 3.8) is 0 Å². The summed E-state index contributed by atoms with van der Waals surface area (Å²) in [5, 5.41) is 3.07. The van der Waals surface area contributed by atoms with E-state index in [1.807, 2.05) is 0 Å². The zero-order valence-corrected chi connectivity index (χ0v) is 4.75. The van der Waals surface area contributed by atoms with Crippen LogP contribution in [-0.4, -0.2) is 20.0 Å². The van der Waals surface area contributed by atoms with Gasteiger partial charge in [0.15, 0.2) is 0 Å². The summed E-state index contributed by atoms with van der Waals surface area (Å²) in [5.74, 6) is 0. The van der Waals surface area contributed by atoms with Gasteiger partial charge < -0.3 is 0 Å². The van der Waals surface area contributed by atoms with E-state index >= 15 is 0 Å².